The molecule has 1 N–H and O–H groups in total. The second-order valence-corrected chi connectivity index (χ2v) is 8.47. The number of rotatable bonds is 10. The molecule has 4 aromatic rings. The lowest BCUT2D eigenvalue weighted by Crippen LogP contribution is -2.07. The first kappa shape index (κ1) is 21.8. The molecule has 0 unspecified atom stereocenters. The smallest absolute Gasteiger partial charge is 0.206 e. The quantitative estimate of drug-likeness (QED) is 0.398. The number of unbranched alkanes of at least 4 members (excludes halogenated alkanes) is 1. The van der Waals surface area contributed by atoms with E-state index in [4.69, 9.17) is 10.1 Å². The summed E-state index contributed by atoms with van der Waals surface area (Å²) in [5.74, 6) is 3.23. The Labute approximate surface area is 188 Å². The van der Waals surface area contributed by atoms with E-state index in [-0.39, 0.29) is 0 Å². The molecule has 0 spiro atoms. The number of hydrogen-bond donors (Lipinski definition) is 1. The van der Waals surface area contributed by atoms with Crippen molar-refractivity contribution in [2.45, 2.75) is 59.4 Å². The third-order valence-corrected chi connectivity index (χ3v) is 5.45. The van der Waals surface area contributed by atoms with E-state index in [2.05, 4.69) is 75.3 Å². The van der Waals surface area contributed by atoms with Gasteiger partial charge in [-0.1, -0.05) is 51.5 Å². The number of pyridine rings is 1. The average molecular weight is 431 g/mol. The fourth-order valence-electron chi connectivity index (χ4n) is 3.63. The zero-order valence-electron chi connectivity index (χ0n) is 19.0. The molecule has 3 heterocycles. The van der Waals surface area contributed by atoms with Gasteiger partial charge in [-0.2, -0.15) is 10.3 Å². The van der Waals surface area contributed by atoms with Crippen LogP contribution in [0.15, 0.2) is 42.6 Å². The van der Waals surface area contributed by atoms with Crippen molar-refractivity contribution < 1.29 is 0 Å². The van der Waals surface area contributed by atoms with Crippen LogP contribution in [0.25, 0.3) is 22.6 Å². The van der Waals surface area contributed by atoms with Gasteiger partial charge < -0.3 is 0 Å². The molecule has 0 amide bonds. The van der Waals surface area contributed by atoms with E-state index in [1.54, 1.807) is 6.20 Å². The first-order chi connectivity index (χ1) is 15.6. The summed E-state index contributed by atoms with van der Waals surface area (Å²) in [6.45, 7) is 7.40. The van der Waals surface area contributed by atoms with Crippen LogP contribution < -0.4 is 0 Å². The van der Waals surface area contributed by atoms with Crippen molar-refractivity contribution in [3.63, 3.8) is 0 Å². The Bertz CT molecular complexity index is 1110. The number of aromatic amines is 1. The normalized spacial score (nSPS) is 11.4. The van der Waals surface area contributed by atoms with Gasteiger partial charge in [0.15, 0.2) is 5.82 Å². The molecule has 0 saturated carbocycles. The zero-order valence-corrected chi connectivity index (χ0v) is 19.0. The lowest BCUT2D eigenvalue weighted by Gasteiger charge is -2.08. The van der Waals surface area contributed by atoms with Crippen LogP contribution in [0.4, 0.5) is 0 Å². The van der Waals surface area contributed by atoms with Gasteiger partial charge in [0.2, 0.25) is 5.82 Å². The van der Waals surface area contributed by atoms with Crippen molar-refractivity contribution in [3.05, 3.63) is 59.8 Å². The second-order valence-electron chi connectivity index (χ2n) is 8.47. The van der Waals surface area contributed by atoms with Crippen molar-refractivity contribution in [1.29, 1.82) is 0 Å². The molecule has 8 nitrogen and oxygen atoms in total. The van der Waals surface area contributed by atoms with Crippen molar-refractivity contribution in [3.8, 4) is 22.6 Å². The van der Waals surface area contributed by atoms with E-state index in [9.17, 15) is 0 Å². The molecule has 4 rings (SSSR count). The lowest BCUT2D eigenvalue weighted by molar-refractivity contribution is 0.567. The molecule has 0 fully saturated rings. The maximum absolute atomic E-state index is 4.84. The lowest BCUT2D eigenvalue weighted by atomic mass is 10.0. The standard InChI is InChI=1S/C24H30N8/c1-4-5-8-22-26-21(14-9-17(2)3)29-32(22)16-18-10-12-19(13-11-18)23-20(7-6-15-25-23)24-27-30-31-28-24/h6-7,10-13,15,17H,4-5,8-9,14,16H2,1-3H3,(H,27,28,30,31). The molecule has 32 heavy (non-hydrogen) atoms. The van der Waals surface area contributed by atoms with Crippen LogP contribution in [0.3, 0.4) is 0 Å². The highest BCUT2D eigenvalue weighted by atomic mass is 15.5. The fraction of sp³-hybridized carbons (Fsp3) is 0.417. The average Bonchev–Trinajstić information content (AvgIpc) is 3.47. The van der Waals surface area contributed by atoms with Gasteiger partial charge in [-0.25, -0.2) is 9.67 Å². The summed E-state index contributed by atoms with van der Waals surface area (Å²) < 4.78 is 2.08. The molecule has 3 aromatic heterocycles. The molecule has 0 aliphatic rings. The summed E-state index contributed by atoms with van der Waals surface area (Å²) in [7, 11) is 0. The minimum atomic E-state index is 0.536. The van der Waals surface area contributed by atoms with Crippen LogP contribution in [0, 0.1) is 5.92 Å². The molecule has 8 heteroatoms. The van der Waals surface area contributed by atoms with Gasteiger partial charge in [-0.15, -0.1) is 10.2 Å². The van der Waals surface area contributed by atoms with Crippen LogP contribution in [-0.2, 0) is 19.4 Å². The highest BCUT2D eigenvalue weighted by Gasteiger charge is 2.14. The number of aromatic nitrogens is 8. The summed E-state index contributed by atoms with van der Waals surface area (Å²) in [5.41, 5.74) is 3.88. The number of nitrogens with zero attached hydrogens (tertiary/aromatic N) is 7. The summed E-state index contributed by atoms with van der Waals surface area (Å²) in [6, 6.07) is 12.3. The molecule has 0 radical (unpaired) electrons. The minimum Gasteiger partial charge on any atom is -0.255 e. The summed E-state index contributed by atoms with van der Waals surface area (Å²) in [6.07, 6.45) is 7.06. The first-order valence-corrected chi connectivity index (χ1v) is 11.3. The predicted octanol–water partition coefficient (Wildman–Crippen LogP) is 4.50. The highest BCUT2D eigenvalue weighted by molar-refractivity contribution is 5.76. The number of benzene rings is 1. The highest BCUT2D eigenvalue weighted by Crippen LogP contribution is 2.27. The zero-order chi connectivity index (χ0) is 22.3. The van der Waals surface area contributed by atoms with E-state index in [1.807, 2.05) is 12.1 Å². The van der Waals surface area contributed by atoms with Gasteiger partial charge in [0, 0.05) is 30.2 Å². The monoisotopic (exact) mass is 430 g/mol. The van der Waals surface area contributed by atoms with Crippen LogP contribution in [0.1, 0.15) is 57.2 Å². The molecule has 0 aliphatic heterocycles. The number of tetrazole rings is 1. The molecule has 0 atom stereocenters. The predicted molar refractivity (Wildman–Crippen MR) is 124 cm³/mol. The van der Waals surface area contributed by atoms with Crippen LogP contribution in [-0.4, -0.2) is 40.4 Å². The molecule has 0 bridgehead atoms. The van der Waals surface area contributed by atoms with E-state index in [0.717, 1.165) is 60.6 Å². The van der Waals surface area contributed by atoms with E-state index < -0.39 is 0 Å². The van der Waals surface area contributed by atoms with Crippen molar-refractivity contribution in [2.75, 3.05) is 0 Å². The largest absolute Gasteiger partial charge is 0.255 e. The van der Waals surface area contributed by atoms with Crippen molar-refractivity contribution in [2.24, 2.45) is 5.92 Å². The summed E-state index contributed by atoms with van der Waals surface area (Å²) >= 11 is 0. The van der Waals surface area contributed by atoms with Gasteiger partial charge in [0.25, 0.3) is 0 Å². The SMILES string of the molecule is CCCCc1nc(CCC(C)C)nn1Cc1ccc(-c2ncccc2-c2nn[nH]n2)cc1. The third kappa shape index (κ3) is 5.25. The Hall–Kier alpha value is -3.42. The molecule has 0 aliphatic carbocycles. The van der Waals surface area contributed by atoms with Gasteiger partial charge in [0.1, 0.15) is 5.82 Å². The number of H-pyrrole nitrogens is 1. The Balaban J connectivity index is 1.54. The fourth-order valence-corrected chi connectivity index (χ4v) is 3.63. The molecular formula is C24H30N8. The molecule has 1 aromatic carbocycles. The van der Waals surface area contributed by atoms with E-state index >= 15 is 0 Å². The van der Waals surface area contributed by atoms with Crippen LogP contribution in [0.5, 0.6) is 0 Å². The maximum atomic E-state index is 4.84. The molecule has 166 valence electrons. The van der Waals surface area contributed by atoms with Crippen molar-refractivity contribution >= 4 is 0 Å². The topological polar surface area (TPSA) is 98.1 Å². The Kier molecular flexibility index (Phi) is 6.99. The number of nitrogens with one attached hydrogen (secondary N) is 1. The van der Waals surface area contributed by atoms with E-state index in [1.165, 1.54) is 5.56 Å². The third-order valence-electron chi connectivity index (χ3n) is 5.45. The minimum absolute atomic E-state index is 0.536. The first-order valence-electron chi connectivity index (χ1n) is 11.3. The van der Waals surface area contributed by atoms with E-state index in [0.29, 0.717) is 18.3 Å². The Morgan fingerprint density at radius 1 is 1.06 bits per heavy atom. The Morgan fingerprint density at radius 3 is 2.62 bits per heavy atom. The Morgan fingerprint density at radius 2 is 1.91 bits per heavy atom. The van der Waals surface area contributed by atoms with Gasteiger partial charge in [-0.05, 0) is 41.7 Å². The number of hydrogen-bond acceptors (Lipinski definition) is 6. The second kappa shape index (κ2) is 10.3. The van der Waals surface area contributed by atoms with Crippen LogP contribution >= 0.6 is 0 Å². The molecule has 0 saturated heterocycles. The van der Waals surface area contributed by atoms with Crippen LogP contribution in [0.2, 0.25) is 0 Å². The van der Waals surface area contributed by atoms with Gasteiger partial charge in [0.05, 0.1) is 12.2 Å². The molecular weight excluding hydrogens is 400 g/mol. The van der Waals surface area contributed by atoms with Gasteiger partial charge in [-0.3, -0.25) is 4.98 Å². The maximum Gasteiger partial charge on any atom is 0.206 e. The van der Waals surface area contributed by atoms with Crippen molar-refractivity contribution in [1.82, 2.24) is 40.4 Å². The number of aryl methyl sites for hydroxylation is 2. The summed E-state index contributed by atoms with van der Waals surface area (Å²) in [4.78, 5) is 9.40. The summed E-state index contributed by atoms with van der Waals surface area (Å²) in [5, 5.41) is 19.2. The van der Waals surface area contributed by atoms with Gasteiger partial charge >= 0.3 is 0 Å².